The Kier molecular flexibility index (Phi) is 13.0. The van der Waals surface area contributed by atoms with Gasteiger partial charge in [0.15, 0.2) is 24.7 Å². The molecule has 0 unspecified atom stereocenters. The van der Waals surface area contributed by atoms with Crippen LogP contribution in [-0.2, 0) is 42.7 Å². The van der Waals surface area contributed by atoms with Crippen molar-refractivity contribution >= 4 is 11.8 Å². The van der Waals surface area contributed by atoms with E-state index in [2.05, 4.69) is 6.92 Å². The van der Waals surface area contributed by atoms with Gasteiger partial charge in [-0.15, -0.1) is 0 Å². The minimum absolute atomic E-state index is 0.0556. The highest BCUT2D eigenvalue weighted by Gasteiger charge is 2.81. The van der Waals surface area contributed by atoms with Crippen molar-refractivity contribution in [2.45, 2.75) is 209 Å². The molecule has 1 aromatic carbocycles. The van der Waals surface area contributed by atoms with Crippen LogP contribution in [-0.4, -0.2) is 152 Å². The maximum atomic E-state index is 13.6. The van der Waals surface area contributed by atoms with Crippen LogP contribution in [0.5, 0.6) is 0 Å². The van der Waals surface area contributed by atoms with E-state index in [1.165, 1.54) is 14.0 Å². The topological polar surface area (TPSA) is 229 Å². The second-order valence-corrected chi connectivity index (χ2v) is 19.9. The van der Waals surface area contributed by atoms with E-state index >= 15 is 0 Å². The highest BCUT2D eigenvalue weighted by Crippen LogP contribution is 2.71. The molecule has 6 fully saturated rings. The third-order valence-corrected chi connectivity index (χ3v) is 16.6. The van der Waals surface area contributed by atoms with Crippen LogP contribution in [0.2, 0.25) is 0 Å². The molecule has 0 spiro atoms. The molecule has 1 aromatic rings. The van der Waals surface area contributed by atoms with Gasteiger partial charge in [-0.2, -0.15) is 0 Å². The molecule has 352 valence electrons. The molecule has 3 aliphatic heterocycles. The molecule has 0 amide bonds. The van der Waals surface area contributed by atoms with E-state index in [1.54, 1.807) is 58.0 Å². The molecule has 0 aromatic heterocycles. The van der Waals surface area contributed by atoms with Crippen LogP contribution in [0.1, 0.15) is 116 Å². The van der Waals surface area contributed by atoms with E-state index in [4.69, 9.17) is 37.9 Å². The first-order valence-corrected chi connectivity index (χ1v) is 22.8. The number of aliphatic hydroxyl groups is 6. The number of hydrogen-bond acceptors (Lipinski definition) is 16. The Morgan fingerprint density at radius 2 is 1.35 bits per heavy atom. The summed E-state index contributed by atoms with van der Waals surface area (Å²) in [7, 11) is 1.52. The van der Waals surface area contributed by atoms with Gasteiger partial charge in [-0.05, 0) is 97.1 Å². The van der Waals surface area contributed by atoms with Gasteiger partial charge in [0.05, 0.1) is 53.7 Å². The zero-order valence-corrected chi connectivity index (χ0v) is 37.5. The van der Waals surface area contributed by atoms with Crippen LogP contribution in [0.4, 0.5) is 0 Å². The normalized spacial score (nSPS) is 49.8. The first kappa shape index (κ1) is 47.1. The number of carbonyl (C=O) groups excluding carboxylic acids is 2. The zero-order valence-electron chi connectivity index (χ0n) is 37.5. The molecule has 0 radical (unpaired) electrons. The van der Waals surface area contributed by atoms with Gasteiger partial charge < -0.3 is 68.5 Å². The SMILES string of the molecule is CO[C@@H]1C[C@H](O[C@H]2[C@@H](O)C[C@H](O[C@H]3[C@@H](O)C[C@H](O[C@H]4CC[C@@]5(C)C(=CC[C@]6(O)[C@@H]5C[C@@H](OC(=O)c5ccccc5)[C@@]5(C)[C@]6(O)CC[C@@]5(O)C(C)=O)C4)O[C@@H]3C)O[C@@H]2C)O[C@H](C)[C@H]1O. The fourth-order valence-corrected chi connectivity index (χ4v) is 12.8. The van der Waals surface area contributed by atoms with Crippen molar-refractivity contribution in [3.63, 3.8) is 0 Å². The van der Waals surface area contributed by atoms with E-state index in [9.17, 15) is 40.2 Å². The fourth-order valence-electron chi connectivity index (χ4n) is 12.8. The number of ketones is 1. The lowest BCUT2D eigenvalue weighted by atomic mass is 9.42. The highest BCUT2D eigenvalue weighted by atomic mass is 16.7. The summed E-state index contributed by atoms with van der Waals surface area (Å²) in [5, 5.41) is 70.6. The Morgan fingerprint density at radius 1 is 0.762 bits per heavy atom. The van der Waals surface area contributed by atoms with Crippen molar-refractivity contribution in [1.29, 1.82) is 0 Å². The number of benzene rings is 1. The third kappa shape index (κ3) is 7.76. The third-order valence-electron chi connectivity index (χ3n) is 16.6. The number of rotatable bonds is 10. The van der Waals surface area contributed by atoms with Crippen molar-refractivity contribution in [3.05, 3.63) is 47.5 Å². The van der Waals surface area contributed by atoms with Gasteiger partial charge in [-0.25, -0.2) is 4.79 Å². The lowest BCUT2D eigenvalue weighted by Crippen LogP contribution is -2.78. The highest BCUT2D eigenvalue weighted by molar-refractivity contribution is 5.90. The molecule has 4 aliphatic carbocycles. The Balaban J connectivity index is 0.907. The molecule has 63 heavy (non-hydrogen) atoms. The van der Waals surface area contributed by atoms with Crippen LogP contribution in [0.15, 0.2) is 42.0 Å². The summed E-state index contributed by atoms with van der Waals surface area (Å²) in [5.74, 6) is -1.79. The monoisotopic (exact) mass is 888 g/mol. The molecule has 3 heterocycles. The Bertz CT molecular complexity index is 1840. The Labute approximate surface area is 369 Å². The fraction of sp³-hybridized carbons (Fsp3) is 0.787. The van der Waals surface area contributed by atoms with Gasteiger partial charge in [0.1, 0.15) is 41.2 Å². The van der Waals surface area contributed by atoms with Crippen molar-refractivity contribution in [2.24, 2.45) is 16.7 Å². The van der Waals surface area contributed by atoms with E-state index in [-0.39, 0.29) is 44.6 Å². The minimum Gasteiger partial charge on any atom is -0.458 e. The van der Waals surface area contributed by atoms with E-state index < -0.39 is 125 Å². The first-order valence-electron chi connectivity index (χ1n) is 22.8. The van der Waals surface area contributed by atoms with Gasteiger partial charge in [-0.3, -0.25) is 4.79 Å². The quantitative estimate of drug-likeness (QED) is 0.147. The smallest absolute Gasteiger partial charge is 0.338 e. The molecular formula is C47H68O16. The average molecular weight is 889 g/mol. The van der Waals surface area contributed by atoms with Crippen LogP contribution < -0.4 is 0 Å². The van der Waals surface area contributed by atoms with Crippen LogP contribution in [0.25, 0.3) is 0 Å². The number of hydrogen-bond donors (Lipinski definition) is 6. The van der Waals surface area contributed by atoms with E-state index in [0.29, 0.717) is 31.2 Å². The van der Waals surface area contributed by atoms with Gasteiger partial charge in [0.2, 0.25) is 0 Å². The number of aliphatic hydroxyl groups excluding tert-OH is 3. The zero-order chi connectivity index (χ0) is 45.4. The van der Waals surface area contributed by atoms with Gasteiger partial charge in [-0.1, -0.05) is 36.8 Å². The van der Waals surface area contributed by atoms with Crippen molar-refractivity contribution in [1.82, 2.24) is 0 Å². The molecule has 20 atom stereocenters. The summed E-state index contributed by atoms with van der Waals surface area (Å²) >= 11 is 0. The van der Waals surface area contributed by atoms with Crippen molar-refractivity contribution in [3.8, 4) is 0 Å². The summed E-state index contributed by atoms with van der Waals surface area (Å²) < 4.78 is 48.8. The number of Topliss-reactive ketones (excluding diaryl/α,β-unsaturated/α-hetero) is 1. The maximum Gasteiger partial charge on any atom is 0.338 e. The summed E-state index contributed by atoms with van der Waals surface area (Å²) in [6.07, 6.45) is -5.93. The number of esters is 1. The van der Waals surface area contributed by atoms with Crippen molar-refractivity contribution in [2.75, 3.05) is 7.11 Å². The second-order valence-electron chi connectivity index (χ2n) is 19.9. The molecule has 0 bridgehead atoms. The predicted octanol–water partition coefficient (Wildman–Crippen LogP) is 2.99. The molecule has 3 saturated heterocycles. The van der Waals surface area contributed by atoms with Gasteiger partial charge in [0, 0.05) is 32.3 Å². The Hall–Kier alpha value is -2.42. The molecule has 16 heteroatoms. The minimum atomic E-state index is -2.04. The summed E-state index contributed by atoms with van der Waals surface area (Å²) in [6.45, 7) is 10.2. The summed E-state index contributed by atoms with van der Waals surface area (Å²) in [6, 6.07) is 8.46. The molecule has 7 aliphatic rings. The molecule has 16 nitrogen and oxygen atoms in total. The first-order chi connectivity index (χ1) is 29.7. The predicted molar refractivity (Wildman–Crippen MR) is 222 cm³/mol. The number of fused-ring (bicyclic) bond motifs is 5. The average Bonchev–Trinajstić information content (AvgIpc) is 3.47. The number of methoxy groups -OCH3 is 1. The molecule has 8 rings (SSSR count). The molecule has 3 saturated carbocycles. The molecular weight excluding hydrogens is 821 g/mol. The number of carbonyl (C=O) groups is 2. The Morgan fingerprint density at radius 3 is 1.94 bits per heavy atom. The largest absolute Gasteiger partial charge is 0.458 e. The standard InChI is InChI=1S/C47H68O16/c1-24-39(51)33(56-7)22-38(57-24)63-41-26(3)59-37(21-32(41)50)62-40-25(2)58-36(20-31(40)49)60-30-14-15-43(5)29(19-30)13-16-46(54)34(43)23-35(61-42(52)28-11-9-8-10-12-28)44(6)45(53,27(4)48)17-18-47(44,46)55/h8-13,24-26,30-41,49-51,53-55H,14-23H2,1-7H3/t24-,25-,26-,30+,31+,32+,33-,34-,35-,36+,37+,38+,39-,40-,41-,43+,44-,45-,46+,47-/m1/s1. The number of ether oxygens (including phenoxy) is 8. The van der Waals surface area contributed by atoms with Crippen molar-refractivity contribution < 1.29 is 78.1 Å². The van der Waals surface area contributed by atoms with Gasteiger partial charge in [0.25, 0.3) is 0 Å². The molecule has 6 N–H and O–H groups in total. The van der Waals surface area contributed by atoms with Gasteiger partial charge >= 0.3 is 5.97 Å². The second kappa shape index (κ2) is 17.3. The lowest BCUT2D eigenvalue weighted by molar-refractivity contribution is -0.336. The lowest BCUT2D eigenvalue weighted by Gasteiger charge is -2.67. The maximum absolute atomic E-state index is 13.6. The summed E-state index contributed by atoms with van der Waals surface area (Å²) in [4.78, 5) is 26.9. The van der Waals surface area contributed by atoms with E-state index in [0.717, 1.165) is 5.57 Å². The summed E-state index contributed by atoms with van der Waals surface area (Å²) in [5.41, 5.74) is -6.79. The van der Waals surface area contributed by atoms with Crippen LogP contribution >= 0.6 is 0 Å². The van der Waals surface area contributed by atoms with E-state index in [1.807, 2.05) is 6.08 Å². The van der Waals surface area contributed by atoms with Crippen LogP contribution in [0, 0.1) is 16.7 Å². The van der Waals surface area contributed by atoms with Crippen LogP contribution in [0.3, 0.4) is 0 Å².